The third-order valence-electron chi connectivity index (χ3n) is 3.27. The van der Waals surface area contributed by atoms with Crippen LogP contribution in [0.3, 0.4) is 0 Å². The molecule has 5 heteroatoms. The fraction of sp³-hybridized carbons (Fsp3) is 0.350. The summed E-state index contributed by atoms with van der Waals surface area (Å²) >= 11 is 5.73. The van der Waals surface area contributed by atoms with Gasteiger partial charge in [0.05, 0.1) is 6.54 Å². The molecule has 2 aromatic rings. The van der Waals surface area contributed by atoms with Crippen LogP contribution in [-0.2, 0) is 11.3 Å². The maximum atomic E-state index is 12.1. The molecule has 4 nitrogen and oxygen atoms in total. The summed E-state index contributed by atoms with van der Waals surface area (Å²) in [5.41, 5.74) is 1.78. The zero-order chi connectivity index (χ0) is 18.7. The Balaban J connectivity index is 0.000000730. The number of rotatable bonds is 4. The van der Waals surface area contributed by atoms with Gasteiger partial charge in [0.2, 0.25) is 12.7 Å². The van der Waals surface area contributed by atoms with Gasteiger partial charge in [0.25, 0.3) is 0 Å². The van der Waals surface area contributed by atoms with Crippen LogP contribution >= 0.6 is 11.6 Å². The Hall–Kier alpha value is -2.20. The van der Waals surface area contributed by atoms with Crippen molar-refractivity contribution in [2.24, 2.45) is 0 Å². The summed E-state index contributed by atoms with van der Waals surface area (Å²) in [6, 6.07) is 15.2. The van der Waals surface area contributed by atoms with Gasteiger partial charge in [-0.3, -0.25) is 4.79 Å². The maximum absolute atomic E-state index is 12.1. The first kappa shape index (κ1) is 20.8. The van der Waals surface area contributed by atoms with Crippen LogP contribution in [0.25, 0.3) is 0 Å². The second-order valence-electron chi connectivity index (χ2n) is 4.64. The molecule has 0 aliphatic carbocycles. The molecule has 25 heavy (non-hydrogen) atoms. The molecule has 1 amide bonds. The number of ether oxygens (including phenoxy) is 2. The summed E-state index contributed by atoms with van der Waals surface area (Å²) in [4.78, 5) is 13.8. The van der Waals surface area contributed by atoms with Gasteiger partial charge in [-0.1, -0.05) is 58.0 Å². The van der Waals surface area contributed by atoms with Gasteiger partial charge >= 0.3 is 0 Å². The second-order valence-corrected chi connectivity index (χ2v) is 4.90. The Bertz CT molecular complexity index is 647. The van der Waals surface area contributed by atoms with Crippen LogP contribution in [0.2, 0.25) is 0 Å². The first-order chi connectivity index (χ1) is 12.3. The molecule has 0 N–H and O–H groups in total. The van der Waals surface area contributed by atoms with Crippen molar-refractivity contribution in [3.8, 4) is 11.5 Å². The average molecular weight is 364 g/mol. The predicted molar refractivity (Wildman–Crippen MR) is 104 cm³/mol. The van der Waals surface area contributed by atoms with Gasteiger partial charge in [0, 0.05) is 11.8 Å². The summed E-state index contributed by atoms with van der Waals surface area (Å²) in [6.07, 6.45) is 0. The van der Waals surface area contributed by atoms with Crippen molar-refractivity contribution in [3.05, 3.63) is 54.1 Å². The van der Waals surface area contributed by atoms with Gasteiger partial charge in [0.1, 0.15) is 5.88 Å². The maximum Gasteiger partial charge on any atom is 0.242 e. The fourth-order valence-electron chi connectivity index (χ4n) is 2.21. The van der Waals surface area contributed by atoms with Crippen LogP contribution in [0, 0.1) is 0 Å². The third kappa shape index (κ3) is 5.68. The number of carbonyl (C=O) groups is 1. The van der Waals surface area contributed by atoms with Gasteiger partial charge in [-0.05, 0) is 17.7 Å². The van der Waals surface area contributed by atoms with Crippen LogP contribution in [0.1, 0.15) is 33.3 Å². The number of nitrogens with zero attached hydrogens (tertiary/aromatic N) is 1. The zero-order valence-electron chi connectivity index (χ0n) is 15.3. The van der Waals surface area contributed by atoms with Crippen molar-refractivity contribution in [3.63, 3.8) is 0 Å². The molecular formula is C20H26ClNO3. The van der Waals surface area contributed by atoms with Gasteiger partial charge in [0.15, 0.2) is 11.5 Å². The predicted octanol–water partition coefficient (Wildman–Crippen LogP) is 5.24. The molecule has 0 saturated carbocycles. The minimum Gasteiger partial charge on any atom is -0.454 e. The number of hydrogen-bond acceptors (Lipinski definition) is 3. The molecule has 0 fully saturated rings. The van der Waals surface area contributed by atoms with E-state index in [-0.39, 0.29) is 18.6 Å². The third-order valence-corrected chi connectivity index (χ3v) is 3.50. The van der Waals surface area contributed by atoms with Gasteiger partial charge in [-0.15, -0.1) is 11.6 Å². The zero-order valence-corrected chi connectivity index (χ0v) is 16.0. The molecule has 0 bridgehead atoms. The lowest BCUT2D eigenvalue weighted by atomic mass is 10.2. The summed E-state index contributed by atoms with van der Waals surface area (Å²) in [5, 5.41) is 0. The Kier molecular flexibility index (Phi) is 9.48. The van der Waals surface area contributed by atoms with E-state index in [1.54, 1.807) is 17.0 Å². The van der Waals surface area contributed by atoms with E-state index in [0.29, 0.717) is 18.0 Å². The fourth-order valence-corrected chi connectivity index (χ4v) is 2.36. The van der Waals surface area contributed by atoms with Crippen molar-refractivity contribution in [2.75, 3.05) is 17.6 Å². The molecule has 1 heterocycles. The first-order valence-electron chi connectivity index (χ1n) is 8.58. The Morgan fingerprint density at radius 2 is 1.64 bits per heavy atom. The molecule has 136 valence electrons. The molecule has 2 aromatic carbocycles. The normalized spacial score (nSPS) is 10.8. The van der Waals surface area contributed by atoms with Gasteiger partial charge in [-0.25, -0.2) is 0 Å². The minimum absolute atomic E-state index is 0.0682. The topological polar surface area (TPSA) is 38.8 Å². The van der Waals surface area contributed by atoms with E-state index in [1.807, 2.05) is 64.1 Å². The van der Waals surface area contributed by atoms with E-state index in [1.165, 1.54) is 0 Å². The average Bonchev–Trinajstić information content (AvgIpc) is 3.17. The minimum atomic E-state index is -0.153. The van der Waals surface area contributed by atoms with E-state index in [4.69, 9.17) is 21.1 Å². The van der Waals surface area contributed by atoms with E-state index >= 15 is 0 Å². The highest BCUT2D eigenvalue weighted by molar-refractivity contribution is 6.29. The number of hydrogen-bond donors (Lipinski definition) is 0. The molecule has 1 aliphatic heterocycles. The highest BCUT2D eigenvalue weighted by Gasteiger charge is 2.19. The highest BCUT2D eigenvalue weighted by atomic mass is 35.5. The van der Waals surface area contributed by atoms with E-state index in [9.17, 15) is 4.79 Å². The van der Waals surface area contributed by atoms with Crippen LogP contribution in [-0.4, -0.2) is 18.6 Å². The van der Waals surface area contributed by atoms with Crippen LogP contribution in [0.5, 0.6) is 11.5 Å². The Labute approximate surface area is 155 Å². The van der Waals surface area contributed by atoms with Crippen LogP contribution < -0.4 is 14.4 Å². The van der Waals surface area contributed by atoms with Gasteiger partial charge in [-0.2, -0.15) is 0 Å². The lowest BCUT2D eigenvalue weighted by Gasteiger charge is -2.22. The molecule has 0 unspecified atom stereocenters. The van der Waals surface area contributed by atoms with E-state index < -0.39 is 0 Å². The largest absolute Gasteiger partial charge is 0.454 e. The molecular weight excluding hydrogens is 338 g/mol. The number of halogens is 1. The number of amides is 1. The number of benzene rings is 2. The van der Waals surface area contributed by atoms with Crippen molar-refractivity contribution in [1.82, 2.24) is 0 Å². The molecule has 0 spiro atoms. The Morgan fingerprint density at radius 3 is 2.28 bits per heavy atom. The van der Waals surface area contributed by atoms with Crippen molar-refractivity contribution in [2.45, 2.75) is 34.2 Å². The molecule has 0 saturated heterocycles. The SMILES string of the molecule is CC.CC.O=C(CCl)N(Cc1ccccc1)c1ccc2c(c1)OCO2. The van der Waals surface area contributed by atoms with E-state index in [2.05, 4.69) is 0 Å². The molecule has 3 rings (SSSR count). The standard InChI is InChI=1S/C16H14ClNO3.2C2H6/c17-9-16(19)18(10-12-4-2-1-3-5-12)13-6-7-14-15(8-13)21-11-20-14;2*1-2/h1-8H,9-11H2;2*1-2H3. The van der Waals surface area contributed by atoms with Crippen molar-refractivity contribution in [1.29, 1.82) is 0 Å². The number of carbonyl (C=O) groups excluding carboxylic acids is 1. The molecule has 0 aromatic heterocycles. The molecule has 0 atom stereocenters. The van der Waals surface area contributed by atoms with E-state index in [0.717, 1.165) is 11.3 Å². The smallest absolute Gasteiger partial charge is 0.242 e. The molecule has 1 aliphatic rings. The lowest BCUT2D eigenvalue weighted by Crippen LogP contribution is -2.31. The number of fused-ring (bicyclic) bond motifs is 1. The van der Waals surface area contributed by atoms with Crippen LogP contribution in [0.4, 0.5) is 5.69 Å². The van der Waals surface area contributed by atoms with Crippen molar-refractivity contribution < 1.29 is 14.3 Å². The summed E-state index contributed by atoms with van der Waals surface area (Å²) in [5.74, 6) is 1.12. The molecule has 0 radical (unpaired) electrons. The van der Waals surface area contributed by atoms with Gasteiger partial charge < -0.3 is 14.4 Å². The number of alkyl halides is 1. The summed E-state index contributed by atoms with van der Waals surface area (Å²) in [6.45, 7) is 8.67. The summed E-state index contributed by atoms with van der Waals surface area (Å²) in [7, 11) is 0. The first-order valence-corrected chi connectivity index (χ1v) is 9.11. The Morgan fingerprint density at radius 1 is 1.00 bits per heavy atom. The monoisotopic (exact) mass is 363 g/mol. The number of anilines is 1. The van der Waals surface area contributed by atoms with Crippen LogP contribution in [0.15, 0.2) is 48.5 Å². The van der Waals surface area contributed by atoms with Crippen molar-refractivity contribution >= 4 is 23.2 Å². The second kappa shape index (κ2) is 11.4. The summed E-state index contributed by atoms with van der Waals surface area (Å²) < 4.78 is 10.6. The quantitative estimate of drug-likeness (QED) is 0.697. The highest BCUT2D eigenvalue weighted by Crippen LogP contribution is 2.35. The lowest BCUT2D eigenvalue weighted by molar-refractivity contribution is -0.116.